The molecule has 2 nitrogen and oxygen atoms in total. The Kier molecular flexibility index (Phi) is 5.84. The van der Waals surface area contributed by atoms with E-state index in [1.165, 1.54) is 11.1 Å². The number of hydrogen-bond acceptors (Lipinski definition) is 2. The third-order valence-corrected chi connectivity index (χ3v) is 6.18. The summed E-state index contributed by atoms with van der Waals surface area (Å²) < 4.78 is 0. The Morgan fingerprint density at radius 3 is 1.12 bits per heavy atom. The summed E-state index contributed by atoms with van der Waals surface area (Å²) in [5.41, 5.74) is 4.47. The van der Waals surface area contributed by atoms with Crippen LogP contribution in [0.3, 0.4) is 0 Å². The van der Waals surface area contributed by atoms with Gasteiger partial charge in [0.2, 0.25) is 0 Å². The Balaban J connectivity index is 2.52. The molecule has 0 aliphatic carbocycles. The maximum atomic E-state index is 9.30. The molecule has 2 N–H and O–H groups in total. The zero-order valence-electron chi connectivity index (χ0n) is 15.3. The molecule has 2 unspecified atom stereocenters. The Morgan fingerprint density at radius 1 is 0.625 bits per heavy atom. The highest BCUT2D eigenvalue weighted by Gasteiger charge is 2.44. The van der Waals surface area contributed by atoms with Crippen LogP contribution in [0.25, 0.3) is 0 Å². The fourth-order valence-electron chi connectivity index (χ4n) is 3.78. The number of hydrogen-bond donors (Lipinski definition) is 2. The van der Waals surface area contributed by atoms with Gasteiger partial charge in [-0.3, -0.25) is 0 Å². The van der Waals surface area contributed by atoms with Crippen molar-refractivity contribution in [3.63, 3.8) is 0 Å². The van der Waals surface area contributed by atoms with Gasteiger partial charge in [-0.15, -0.1) is 0 Å². The largest absolute Gasteiger partial charge is 0.392 e. The Bertz CT molecular complexity index is 585. The molecule has 2 aromatic rings. The lowest BCUT2D eigenvalue weighted by Gasteiger charge is -2.47. The van der Waals surface area contributed by atoms with Gasteiger partial charge in [0, 0.05) is 10.8 Å². The van der Waals surface area contributed by atoms with Gasteiger partial charge in [-0.25, -0.2) is 0 Å². The molecule has 2 rings (SSSR count). The molecule has 0 spiro atoms. The van der Waals surface area contributed by atoms with Crippen molar-refractivity contribution in [2.45, 2.75) is 64.6 Å². The summed E-state index contributed by atoms with van der Waals surface area (Å²) in [4.78, 5) is 0. The van der Waals surface area contributed by atoms with Gasteiger partial charge in [-0.05, 0) is 35.1 Å². The fraction of sp³-hybridized carbons (Fsp3) is 0.455. The van der Waals surface area contributed by atoms with Crippen LogP contribution in [0, 0.1) is 0 Å². The molecule has 0 amide bonds. The standard InChI is InChI=1S/C22H30O2/c1-5-21(3,19-11-7-17(15-23)8-12-19)22(4,6-2)20-13-9-18(16-24)10-14-20/h7-14,23-24H,5-6,15-16H2,1-4H3. The second-order valence-corrected chi connectivity index (χ2v) is 7.08. The van der Waals surface area contributed by atoms with Crippen LogP contribution in [0.15, 0.2) is 48.5 Å². The number of rotatable bonds is 7. The monoisotopic (exact) mass is 326 g/mol. The van der Waals surface area contributed by atoms with Crippen molar-refractivity contribution in [2.75, 3.05) is 0 Å². The first kappa shape index (κ1) is 18.7. The van der Waals surface area contributed by atoms with Crippen LogP contribution in [0.1, 0.15) is 62.8 Å². The molecule has 0 heterocycles. The average molecular weight is 326 g/mol. The van der Waals surface area contributed by atoms with Crippen LogP contribution < -0.4 is 0 Å². The van der Waals surface area contributed by atoms with Crippen LogP contribution >= 0.6 is 0 Å². The van der Waals surface area contributed by atoms with Gasteiger partial charge >= 0.3 is 0 Å². The fourth-order valence-corrected chi connectivity index (χ4v) is 3.78. The molecule has 2 aromatic carbocycles. The lowest BCUT2D eigenvalue weighted by molar-refractivity contribution is 0.234. The molecule has 24 heavy (non-hydrogen) atoms. The van der Waals surface area contributed by atoms with Crippen molar-refractivity contribution in [3.05, 3.63) is 70.8 Å². The summed E-state index contributed by atoms with van der Waals surface area (Å²) in [7, 11) is 0. The first-order valence-electron chi connectivity index (χ1n) is 8.85. The van der Waals surface area contributed by atoms with Crippen molar-refractivity contribution in [2.24, 2.45) is 0 Å². The SMILES string of the molecule is CCC(C)(c1ccc(CO)cc1)C(C)(CC)c1ccc(CO)cc1. The second kappa shape index (κ2) is 7.50. The van der Waals surface area contributed by atoms with E-state index < -0.39 is 0 Å². The van der Waals surface area contributed by atoms with Crippen molar-refractivity contribution in [1.82, 2.24) is 0 Å². The van der Waals surface area contributed by atoms with Gasteiger partial charge in [0.25, 0.3) is 0 Å². The maximum Gasteiger partial charge on any atom is 0.0681 e. The van der Waals surface area contributed by atoms with E-state index in [1.807, 2.05) is 24.3 Å². The first-order chi connectivity index (χ1) is 11.4. The zero-order chi connectivity index (χ0) is 17.8. The molecule has 0 aromatic heterocycles. The normalized spacial score (nSPS) is 16.4. The van der Waals surface area contributed by atoms with E-state index in [-0.39, 0.29) is 24.0 Å². The topological polar surface area (TPSA) is 40.5 Å². The van der Waals surface area contributed by atoms with Crippen molar-refractivity contribution in [1.29, 1.82) is 0 Å². The van der Waals surface area contributed by atoms with E-state index in [2.05, 4.69) is 52.0 Å². The molecular formula is C22H30O2. The minimum atomic E-state index is -0.0174. The van der Waals surface area contributed by atoms with Gasteiger partial charge in [0.15, 0.2) is 0 Å². The Hall–Kier alpha value is -1.64. The van der Waals surface area contributed by atoms with Gasteiger partial charge in [0.1, 0.15) is 0 Å². The summed E-state index contributed by atoms with van der Waals surface area (Å²) >= 11 is 0. The van der Waals surface area contributed by atoms with Crippen molar-refractivity contribution < 1.29 is 10.2 Å². The van der Waals surface area contributed by atoms with Crippen molar-refractivity contribution >= 4 is 0 Å². The molecular weight excluding hydrogens is 296 g/mol. The van der Waals surface area contributed by atoms with E-state index >= 15 is 0 Å². The molecule has 0 bridgehead atoms. The summed E-state index contributed by atoms with van der Waals surface area (Å²) in [5.74, 6) is 0. The summed E-state index contributed by atoms with van der Waals surface area (Å²) in [6.45, 7) is 9.33. The lowest BCUT2D eigenvalue weighted by Crippen LogP contribution is -2.44. The van der Waals surface area contributed by atoms with E-state index in [0.717, 1.165) is 24.0 Å². The van der Waals surface area contributed by atoms with Gasteiger partial charge in [-0.2, -0.15) is 0 Å². The highest BCUT2D eigenvalue weighted by molar-refractivity contribution is 5.39. The van der Waals surface area contributed by atoms with Gasteiger partial charge in [-0.1, -0.05) is 76.2 Å². The molecule has 2 heteroatoms. The quantitative estimate of drug-likeness (QED) is 0.774. The van der Waals surface area contributed by atoms with Gasteiger partial charge < -0.3 is 10.2 Å². The minimum absolute atomic E-state index is 0.0174. The predicted octanol–water partition coefficient (Wildman–Crippen LogP) is 4.71. The molecule has 0 radical (unpaired) electrons. The molecule has 0 aliphatic rings. The zero-order valence-corrected chi connectivity index (χ0v) is 15.3. The maximum absolute atomic E-state index is 9.30. The summed E-state index contributed by atoms with van der Waals surface area (Å²) in [6, 6.07) is 16.7. The van der Waals surface area contributed by atoms with Crippen LogP contribution in [0.2, 0.25) is 0 Å². The van der Waals surface area contributed by atoms with E-state index in [4.69, 9.17) is 0 Å². The van der Waals surface area contributed by atoms with Gasteiger partial charge in [0.05, 0.1) is 13.2 Å². The van der Waals surface area contributed by atoms with E-state index in [1.54, 1.807) is 0 Å². The summed E-state index contributed by atoms with van der Waals surface area (Å²) in [6.07, 6.45) is 2.05. The predicted molar refractivity (Wildman–Crippen MR) is 100 cm³/mol. The molecule has 130 valence electrons. The van der Waals surface area contributed by atoms with Crippen LogP contribution in [-0.4, -0.2) is 10.2 Å². The second-order valence-electron chi connectivity index (χ2n) is 7.08. The van der Waals surface area contributed by atoms with E-state index in [9.17, 15) is 10.2 Å². The van der Waals surface area contributed by atoms with Crippen LogP contribution in [0.4, 0.5) is 0 Å². The third kappa shape index (κ3) is 3.13. The average Bonchev–Trinajstić information content (AvgIpc) is 2.66. The molecule has 0 fully saturated rings. The smallest absolute Gasteiger partial charge is 0.0681 e. The van der Waals surface area contributed by atoms with E-state index in [0.29, 0.717) is 0 Å². The number of benzene rings is 2. The van der Waals surface area contributed by atoms with Crippen LogP contribution in [0.5, 0.6) is 0 Å². The number of aliphatic hydroxyl groups excluding tert-OH is 2. The number of aliphatic hydroxyl groups is 2. The highest BCUT2D eigenvalue weighted by atomic mass is 16.3. The summed E-state index contributed by atoms with van der Waals surface area (Å²) in [5, 5.41) is 18.6. The third-order valence-electron chi connectivity index (χ3n) is 6.18. The Labute approximate surface area is 146 Å². The first-order valence-corrected chi connectivity index (χ1v) is 8.85. The minimum Gasteiger partial charge on any atom is -0.392 e. The molecule has 0 aliphatic heterocycles. The molecule has 0 saturated carbocycles. The lowest BCUT2D eigenvalue weighted by atomic mass is 9.56. The molecule has 2 atom stereocenters. The highest BCUT2D eigenvalue weighted by Crippen LogP contribution is 2.48. The van der Waals surface area contributed by atoms with Crippen LogP contribution in [-0.2, 0) is 24.0 Å². The van der Waals surface area contributed by atoms with Crippen molar-refractivity contribution in [3.8, 4) is 0 Å². The molecule has 0 saturated heterocycles. The Morgan fingerprint density at radius 2 is 0.917 bits per heavy atom.